The van der Waals surface area contributed by atoms with E-state index in [1.165, 1.54) is 0 Å². The molecule has 0 atom stereocenters. The van der Waals surface area contributed by atoms with E-state index in [9.17, 15) is 0 Å². The van der Waals surface area contributed by atoms with Crippen LogP contribution in [0.5, 0.6) is 5.88 Å². The number of hydrogen-bond acceptors (Lipinski definition) is 4. The number of rotatable bonds is 5. The largest absolute Gasteiger partial charge is 0.477 e. The smallest absolute Gasteiger partial charge is 0.221 e. The van der Waals surface area contributed by atoms with Crippen molar-refractivity contribution in [3.8, 4) is 5.88 Å². The maximum atomic E-state index is 5.54. The molecule has 4 heteroatoms. The Morgan fingerprint density at radius 2 is 2.13 bits per heavy atom. The van der Waals surface area contributed by atoms with Gasteiger partial charge in [-0.15, -0.1) is 6.58 Å². The third kappa shape index (κ3) is 2.94. The normalized spacial score (nSPS) is 9.80. The van der Waals surface area contributed by atoms with E-state index in [-0.39, 0.29) is 0 Å². The van der Waals surface area contributed by atoms with E-state index >= 15 is 0 Å². The fraction of sp³-hybridized carbons (Fsp3) is 0.455. The molecule has 0 radical (unpaired) electrons. The topological polar surface area (TPSA) is 47.0 Å². The second-order valence-corrected chi connectivity index (χ2v) is 3.23. The fourth-order valence-corrected chi connectivity index (χ4v) is 1.23. The molecule has 1 aromatic rings. The first-order valence-electron chi connectivity index (χ1n) is 4.95. The first-order valence-corrected chi connectivity index (χ1v) is 4.95. The standard InChI is InChI=1S/C11H17N3O/c1-5-6-7-15-11-8(2)10(12-4)13-9(3)14-11/h5H,1,6-7H2,2-4H3,(H,12,13,14). The zero-order valence-electron chi connectivity index (χ0n) is 9.50. The van der Waals surface area contributed by atoms with Gasteiger partial charge in [0.25, 0.3) is 0 Å². The van der Waals surface area contributed by atoms with Crippen molar-refractivity contribution in [1.29, 1.82) is 0 Å². The van der Waals surface area contributed by atoms with Gasteiger partial charge >= 0.3 is 0 Å². The van der Waals surface area contributed by atoms with E-state index < -0.39 is 0 Å². The molecule has 1 rings (SSSR count). The number of ether oxygens (including phenoxy) is 1. The molecule has 15 heavy (non-hydrogen) atoms. The number of aromatic nitrogens is 2. The van der Waals surface area contributed by atoms with Crippen molar-refractivity contribution in [2.75, 3.05) is 19.0 Å². The molecule has 82 valence electrons. The minimum Gasteiger partial charge on any atom is -0.477 e. The van der Waals surface area contributed by atoms with Gasteiger partial charge in [0, 0.05) is 7.05 Å². The van der Waals surface area contributed by atoms with Crippen LogP contribution in [0, 0.1) is 13.8 Å². The van der Waals surface area contributed by atoms with Crippen molar-refractivity contribution in [2.24, 2.45) is 0 Å². The van der Waals surface area contributed by atoms with Crippen molar-refractivity contribution in [2.45, 2.75) is 20.3 Å². The van der Waals surface area contributed by atoms with E-state index in [1.54, 1.807) is 0 Å². The highest BCUT2D eigenvalue weighted by Crippen LogP contribution is 2.21. The third-order valence-corrected chi connectivity index (χ3v) is 2.01. The Morgan fingerprint density at radius 3 is 2.73 bits per heavy atom. The molecule has 0 amide bonds. The molecule has 0 fully saturated rings. The summed E-state index contributed by atoms with van der Waals surface area (Å²) in [7, 11) is 1.84. The van der Waals surface area contributed by atoms with E-state index in [2.05, 4.69) is 21.9 Å². The summed E-state index contributed by atoms with van der Waals surface area (Å²) < 4.78 is 5.54. The predicted octanol–water partition coefficient (Wildman–Crippen LogP) is 2.09. The Morgan fingerprint density at radius 1 is 1.40 bits per heavy atom. The molecule has 0 bridgehead atoms. The van der Waals surface area contributed by atoms with Gasteiger partial charge in [-0.25, -0.2) is 4.98 Å². The molecule has 0 aliphatic carbocycles. The van der Waals surface area contributed by atoms with Gasteiger partial charge in [0.2, 0.25) is 5.88 Å². The number of aryl methyl sites for hydroxylation is 1. The number of nitrogens with one attached hydrogen (secondary N) is 1. The second-order valence-electron chi connectivity index (χ2n) is 3.23. The summed E-state index contributed by atoms with van der Waals surface area (Å²) in [5, 5.41) is 3.02. The van der Waals surface area contributed by atoms with Crippen LogP contribution in [0.3, 0.4) is 0 Å². The minimum absolute atomic E-state index is 0.601. The molecule has 4 nitrogen and oxygen atoms in total. The van der Waals surface area contributed by atoms with Crippen LogP contribution >= 0.6 is 0 Å². The summed E-state index contributed by atoms with van der Waals surface area (Å²) >= 11 is 0. The molecule has 0 aliphatic rings. The van der Waals surface area contributed by atoms with Crippen LogP contribution in [0.4, 0.5) is 5.82 Å². The van der Waals surface area contributed by atoms with Crippen LogP contribution < -0.4 is 10.1 Å². The van der Waals surface area contributed by atoms with Crippen molar-refractivity contribution in [3.05, 3.63) is 24.0 Å². The zero-order valence-corrected chi connectivity index (χ0v) is 9.50. The van der Waals surface area contributed by atoms with Crippen LogP contribution in [0.15, 0.2) is 12.7 Å². The molecular weight excluding hydrogens is 190 g/mol. The van der Waals surface area contributed by atoms with Gasteiger partial charge in [-0.05, 0) is 20.3 Å². The van der Waals surface area contributed by atoms with Gasteiger partial charge in [0.1, 0.15) is 11.6 Å². The average Bonchev–Trinajstić information content (AvgIpc) is 2.23. The van der Waals surface area contributed by atoms with Crippen LogP contribution in [-0.2, 0) is 0 Å². The third-order valence-electron chi connectivity index (χ3n) is 2.01. The quantitative estimate of drug-likeness (QED) is 0.593. The summed E-state index contributed by atoms with van der Waals surface area (Å²) in [6.45, 7) is 8.03. The highest BCUT2D eigenvalue weighted by molar-refractivity contribution is 5.47. The van der Waals surface area contributed by atoms with Crippen LogP contribution in [-0.4, -0.2) is 23.6 Å². The van der Waals surface area contributed by atoms with Gasteiger partial charge < -0.3 is 10.1 Å². The molecule has 0 aliphatic heterocycles. The highest BCUT2D eigenvalue weighted by Gasteiger charge is 2.08. The Hall–Kier alpha value is -1.58. The number of hydrogen-bond donors (Lipinski definition) is 1. The van der Waals surface area contributed by atoms with Crippen LogP contribution in [0.1, 0.15) is 17.8 Å². The maximum absolute atomic E-state index is 5.54. The molecule has 0 aromatic carbocycles. The van der Waals surface area contributed by atoms with E-state index in [1.807, 2.05) is 27.0 Å². The molecule has 0 spiro atoms. The Bertz CT molecular complexity index is 350. The Balaban J connectivity index is 2.86. The molecule has 1 heterocycles. The highest BCUT2D eigenvalue weighted by atomic mass is 16.5. The zero-order chi connectivity index (χ0) is 11.3. The minimum atomic E-state index is 0.601. The molecule has 1 N–H and O–H groups in total. The van der Waals surface area contributed by atoms with Gasteiger partial charge in [0.05, 0.1) is 12.2 Å². The van der Waals surface area contributed by atoms with Crippen molar-refractivity contribution < 1.29 is 4.74 Å². The van der Waals surface area contributed by atoms with Crippen molar-refractivity contribution >= 4 is 5.82 Å². The number of anilines is 1. The lowest BCUT2D eigenvalue weighted by atomic mass is 10.3. The molecule has 0 unspecified atom stereocenters. The first-order chi connectivity index (χ1) is 7.19. The molecule has 0 saturated heterocycles. The monoisotopic (exact) mass is 207 g/mol. The lowest BCUT2D eigenvalue weighted by molar-refractivity contribution is 0.309. The van der Waals surface area contributed by atoms with E-state index in [4.69, 9.17) is 4.74 Å². The van der Waals surface area contributed by atoms with Gasteiger partial charge in [-0.1, -0.05) is 6.08 Å². The maximum Gasteiger partial charge on any atom is 0.221 e. The summed E-state index contributed by atoms with van der Waals surface area (Å²) in [6, 6.07) is 0. The summed E-state index contributed by atoms with van der Waals surface area (Å²) in [5.41, 5.74) is 0.937. The fourth-order valence-electron chi connectivity index (χ4n) is 1.23. The Kier molecular flexibility index (Phi) is 4.09. The molecular formula is C11H17N3O. The predicted molar refractivity (Wildman–Crippen MR) is 61.4 cm³/mol. The van der Waals surface area contributed by atoms with E-state index in [0.29, 0.717) is 18.3 Å². The van der Waals surface area contributed by atoms with E-state index in [0.717, 1.165) is 17.8 Å². The second kappa shape index (κ2) is 5.34. The summed E-state index contributed by atoms with van der Waals surface area (Å²) in [6.07, 6.45) is 2.64. The SMILES string of the molecule is C=CCCOc1nc(C)nc(NC)c1C. The van der Waals surface area contributed by atoms with Crippen molar-refractivity contribution in [3.63, 3.8) is 0 Å². The van der Waals surface area contributed by atoms with Crippen molar-refractivity contribution in [1.82, 2.24) is 9.97 Å². The van der Waals surface area contributed by atoms with Crippen LogP contribution in [0.2, 0.25) is 0 Å². The number of nitrogens with zero attached hydrogens (tertiary/aromatic N) is 2. The lowest BCUT2D eigenvalue weighted by Gasteiger charge is -2.11. The van der Waals surface area contributed by atoms with Crippen LogP contribution in [0.25, 0.3) is 0 Å². The first kappa shape index (κ1) is 11.5. The summed E-state index contributed by atoms with van der Waals surface area (Å²) in [4.78, 5) is 8.50. The van der Waals surface area contributed by atoms with Gasteiger partial charge in [0.15, 0.2) is 0 Å². The Labute approximate surface area is 90.4 Å². The average molecular weight is 207 g/mol. The van der Waals surface area contributed by atoms with Gasteiger partial charge in [-0.2, -0.15) is 4.98 Å². The summed E-state index contributed by atoms with van der Waals surface area (Å²) in [5.74, 6) is 2.17. The molecule has 0 saturated carbocycles. The molecule has 1 aromatic heterocycles. The van der Waals surface area contributed by atoms with Gasteiger partial charge in [-0.3, -0.25) is 0 Å². The lowest BCUT2D eigenvalue weighted by Crippen LogP contribution is -2.06.